The molecule has 124 valence electrons. The third-order valence-electron chi connectivity index (χ3n) is 3.86. The van der Waals surface area contributed by atoms with E-state index in [1.54, 1.807) is 6.92 Å². The number of carbonyl (C=O) groups is 1. The Morgan fingerprint density at radius 2 is 2.14 bits per heavy atom. The summed E-state index contributed by atoms with van der Waals surface area (Å²) in [7, 11) is 0. The summed E-state index contributed by atoms with van der Waals surface area (Å²) in [6, 6.07) is 0.150. The average Bonchev–Trinajstić information content (AvgIpc) is 2.78. The number of hydrogen-bond donors (Lipinski definition) is 1. The molecule has 1 aliphatic rings. The molecule has 2 unspecified atom stereocenters. The highest BCUT2D eigenvalue weighted by Crippen LogP contribution is 2.39. The van der Waals surface area contributed by atoms with Gasteiger partial charge in [-0.05, 0) is 46.0 Å². The van der Waals surface area contributed by atoms with Crippen LogP contribution in [0.3, 0.4) is 0 Å². The number of esters is 1. The van der Waals surface area contributed by atoms with E-state index in [1.807, 2.05) is 13.8 Å². The van der Waals surface area contributed by atoms with Gasteiger partial charge in [-0.1, -0.05) is 6.42 Å². The van der Waals surface area contributed by atoms with Gasteiger partial charge < -0.3 is 9.47 Å². The van der Waals surface area contributed by atoms with E-state index in [4.69, 9.17) is 9.47 Å². The second-order valence-electron chi connectivity index (χ2n) is 5.83. The van der Waals surface area contributed by atoms with Crippen LogP contribution in [0.5, 0.6) is 0 Å². The van der Waals surface area contributed by atoms with Crippen LogP contribution in [0.2, 0.25) is 0 Å². The number of alkyl halides is 2. The van der Waals surface area contributed by atoms with Crippen molar-refractivity contribution in [1.82, 2.24) is 5.32 Å². The van der Waals surface area contributed by atoms with Crippen LogP contribution >= 0.6 is 0 Å². The topological polar surface area (TPSA) is 47.6 Å². The highest BCUT2D eigenvalue weighted by Gasteiger charge is 2.49. The Bertz CT molecular complexity index is 326. The van der Waals surface area contributed by atoms with Gasteiger partial charge in [-0.3, -0.25) is 10.1 Å². The average molecular weight is 307 g/mol. The summed E-state index contributed by atoms with van der Waals surface area (Å²) in [4.78, 5) is 12.4. The normalized spacial score (nSPS) is 25.8. The Kier molecular flexibility index (Phi) is 7.52. The van der Waals surface area contributed by atoms with Crippen molar-refractivity contribution in [3.8, 4) is 0 Å². The monoisotopic (exact) mass is 307 g/mol. The molecule has 1 fully saturated rings. The Morgan fingerprint density at radius 3 is 2.71 bits per heavy atom. The minimum atomic E-state index is -2.45. The lowest BCUT2D eigenvalue weighted by Gasteiger charge is -2.36. The van der Waals surface area contributed by atoms with Crippen LogP contribution in [-0.2, 0) is 14.3 Å². The van der Waals surface area contributed by atoms with Gasteiger partial charge in [0.2, 0.25) is 0 Å². The molecule has 0 saturated heterocycles. The summed E-state index contributed by atoms with van der Waals surface area (Å²) in [5.41, 5.74) is -0.696. The molecule has 0 radical (unpaired) electrons. The molecule has 1 N–H and O–H groups in total. The SMILES string of the molecule is CCOC(=O)C1(NC(C)C)CCCC1CCOCC(F)F. The van der Waals surface area contributed by atoms with Gasteiger partial charge in [-0.25, -0.2) is 8.78 Å². The van der Waals surface area contributed by atoms with E-state index in [1.165, 1.54) is 0 Å². The number of carbonyl (C=O) groups excluding carboxylic acids is 1. The van der Waals surface area contributed by atoms with Gasteiger partial charge in [0, 0.05) is 12.6 Å². The van der Waals surface area contributed by atoms with Crippen LogP contribution in [0.25, 0.3) is 0 Å². The van der Waals surface area contributed by atoms with E-state index in [-0.39, 0.29) is 24.5 Å². The summed E-state index contributed by atoms with van der Waals surface area (Å²) >= 11 is 0. The van der Waals surface area contributed by atoms with Crippen LogP contribution in [0.1, 0.15) is 46.5 Å². The first kappa shape index (κ1) is 18.3. The minimum Gasteiger partial charge on any atom is -0.465 e. The third kappa shape index (κ3) is 5.18. The molecule has 6 heteroatoms. The molecule has 0 aromatic heterocycles. The maximum Gasteiger partial charge on any atom is 0.326 e. The highest BCUT2D eigenvalue weighted by molar-refractivity contribution is 5.82. The van der Waals surface area contributed by atoms with Gasteiger partial charge in [0.15, 0.2) is 0 Å². The van der Waals surface area contributed by atoms with E-state index in [0.717, 1.165) is 19.3 Å². The maximum atomic E-state index is 12.4. The fraction of sp³-hybridized carbons (Fsp3) is 0.933. The Hall–Kier alpha value is -0.750. The van der Waals surface area contributed by atoms with Crippen molar-refractivity contribution in [3.05, 3.63) is 0 Å². The molecule has 0 aliphatic heterocycles. The Balaban J connectivity index is 2.67. The van der Waals surface area contributed by atoms with Crippen LogP contribution < -0.4 is 5.32 Å². The molecule has 1 saturated carbocycles. The predicted molar refractivity (Wildman–Crippen MR) is 76.4 cm³/mol. The van der Waals surface area contributed by atoms with E-state index < -0.39 is 18.6 Å². The lowest BCUT2D eigenvalue weighted by Crippen LogP contribution is -2.58. The van der Waals surface area contributed by atoms with Crippen molar-refractivity contribution in [2.24, 2.45) is 5.92 Å². The Labute approximate surface area is 125 Å². The molecule has 1 aliphatic carbocycles. The van der Waals surface area contributed by atoms with Gasteiger partial charge in [0.05, 0.1) is 6.61 Å². The second kappa shape index (κ2) is 8.63. The lowest BCUT2D eigenvalue weighted by atomic mass is 9.84. The number of halogens is 2. The van der Waals surface area contributed by atoms with Gasteiger partial charge in [-0.15, -0.1) is 0 Å². The standard InChI is InChI=1S/C15H27F2NO3/c1-4-21-14(19)15(18-11(2)3)8-5-6-12(15)7-9-20-10-13(16)17/h11-13,18H,4-10H2,1-3H3. The summed E-state index contributed by atoms with van der Waals surface area (Å²) in [5, 5.41) is 3.36. The maximum absolute atomic E-state index is 12.4. The molecule has 0 spiro atoms. The van der Waals surface area contributed by atoms with Crippen molar-refractivity contribution in [2.75, 3.05) is 19.8 Å². The van der Waals surface area contributed by atoms with Gasteiger partial charge in [-0.2, -0.15) is 0 Å². The number of hydrogen-bond acceptors (Lipinski definition) is 4. The molecule has 0 aromatic rings. The molecule has 0 heterocycles. The van der Waals surface area contributed by atoms with Gasteiger partial charge >= 0.3 is 5.97 Å². The summed E-state index contributed by atoms with van der Waals surface area (Å²) in [6.45, 7) is 5.81. The molecule has 0 bridgehead atoms. The fourth-order valence-corrected chi connectivity index (χ4v) is 3.16. The third-order valence-corrected chi connectivity index (χ3v) is 3.86. The molecule has 4 nitrogen and oxygen atoms in total. The molecular weight excluding hydrogens is 280 g/mol. The Morgan fingerprint density at radius 1 is 1.43 bits per heavy atom. The second-order valence-corrected chi connectivity index (χ2v) is 5.83. The smallest absolute Gasteiger partial charge is 0.326 e. The quantitative estimate of drug-likeness (QED) is 0.525. The van der Waals surface area contributed by atoms with E-state index >= 15 is 0 Å². The van der Waals surface area contributed by atoms with Crippen molar-refractivity contribution in [3.63, 3.8) is 0 Å². The first-order valence-electron chi connectivity index (χ1n) is 7.73. The number of nitrogens with one attached hydrogen (secondary N) is 1. The van der Waals surface area contributed by atoms with E-state index in [0.29, 0.717) is 13.0 Å². The predicted octanol–water partition coefficient (Wildman–Crippen LogP) is 2.76. The summed E-state index contributed by atoms with van der Waals surface area (Å²) in [6.07, 6.45) is 0.681. The van der Waals surface area contributed by atoms with Gasteiger partial charge in [0.25, 0.3) is 6.43 Å². The van der Waals surface area contributed by atoms with Crippen LogP contribution in [0, 0.1) is 5.92 Å². The number of rotatable bonds is 9. The molecule has 0 amide bonds. The van der Waals surface area contributed by atoms with Crippen LogP contribution in [0.15, 0.2) is 0 Å². The molecular formula is C15H27F2NO3. The van der Waals surface area contributed by atoms with Crippen molar-refractivity contribution >= 4 is 5.97 Å². The fourth-order valence-electron chi connectivity index (χ4n) is 3.16. The molecule has 0 aromatic carbocycles. The van der Waals surface area contributed by atoms with Gasteiger partial charge in [0.1, 0.15) is 12.1 Å². The molecule has 2 atom stereocenters. The van der Waals surface area contributed by atoms with E-state index in [9.17, 15) is 13.6 Å². The first-order valence-corrected chi connectivity index (χ1v) is 7.73. The zero-order chi connectivity index (χ0) is 15.9. The largest absolute Gasteiger partial charge is 0.465 e. The molecule has 21 heavy (non-hydrogen) atoms. The minimum absolute atomic E-state index is 0.0663. The van der Waals surface area contributed by atoms with Crippen molar-refractivity contribution in [2.45, 2.75) is 64.5 Å². The lowest BCUT2D eigenvalue weighted by molar-refractivity contribution is -0.153. The summed E-state index contributed by atoms with van der Waals surface area (Å²) < 4.78 is 34.4. The molecule has 1 rings (SSSR count). The van der Waals surface area contributed by atoms with Crippen LogP contribution in [-0.4, -0.2) is 43.8 Å². The highest BCUT2D eigenvalue weighted by atomic mass is 19.3. The van der Waals surface area contributed by atoms with Crippen LogP contribution in [0.4, 0.5) is 8.78 Å². The first-order chi connectivity index (χ1) is 9.92. The number of ether oxygens (including phenoxy) is 2. The zero-order valence-electron chi connectivity index (χ0n) is 13.2. The van der Waals surface area contributed by atoms with E-state index in [2.05, 4.69) is 5.32 Å². The summed E-state index contributed by atoms with van der Waals surface area (Å²) in [5.74, 6) is -0.160. The van der Waals surface area contributed by atoms with Crippen molar-refractivity contribution < 1.29 is 23.0 Å². The zero-order valence-corrected chi connectivity index (χ0v) is 13.2. The van der Waals surface area contributed by atoms with Crippen molar-refractivity contribution in [1.29, 1.82) is 0 Å².